The number of hydrogen-bond acceptors (Lipinski definition) is 1. The molecular formula is C8H17N. The van der Waals surface area contributed by atoms with Crippen LogP contribution in [0.3, 0.4) is 0 Å². The first-order chi connectivity index (χ1) is 6.00. The summed E-state index contributed by atoms with van der Waals surface area (Å²) in [6.07, 6.45) is -4.03. The predicted octanol–water partition coefficient (Wildman–Crippen LogP) is 1.88. The number of rotatable bonds is 0. The van der Waals surface area contributed by atoms with Crippen molar-refractivity contribution in [1.82, 2.24) is 4.90 Å². The average Bonchev–Trinajstić information content (AvgIpc) is 2.09. The van der Waals surface area contributed by atoms with Crippen molar-refractivity contribution >= 4 is 0 Å². The van der Waals surface area contributed by atoms with Gasteiger partial charge in [-0.1, -0.05) is 0 Å². The Bertz CT molecular complexity index is 232. The normalized spacial score (nSPS) is 50.6. The van der Waals surface area contributed by atoms with Gasteiger partial charge in [0.05, 0.1) is 0 Å². The summed E-state index contributed by atoms with van der Waals surface area (Å²) in [7, 11) is 0. The van der Waals surface area contributed by atoms with Gasteiger partial charge in [-0.15, -0.1) is 0 Å². The number of nitrogens with zero attached hydrogens (tertiary/aromatic N) is 1. The van der Waals surface area contributed by atoms with Crippen LogP contribution in [0, 0.1) is 0 Å². The Labute approximate surface area is 65.1 Å². The molecule has 0 N–H and O–H groups in total. The van der Waals surface area contributed by atoms with Crippen LogP contribution in [0.2, 0.25) is 0 Å². The van der Waals surface area contributed by atoms with E-state index in [9.17, 15) is 0 Å². The number of hydrogen-bond donors (Lipinski definition) is 0. The van der Waals surface area contributed by atoms with Crippen LogP contribution in [0.25, 0.3) is 0 Å². The van der Waals surface area contributed by atoms with Gasteiger partial charge in [-0.05, 0) is 46.6 Å². The summed E-state index contributed by atoms with van der Waals surface area (Å²) < 4.78 is 38.0. The zero-order chi connectivity index (χ0) is 11.4. The van der Waals surface area contributed by atoms with Gasteiger partial charge in [0.25, 0.3) is 0 Å². The summed E-state index contributed by atoms with van der Waals surface area (Å²) in [4.78, 5) is 1.56. The van der Waals surface area contributed by atoms with Crippen molar-refractivity contribution in [2.24, 2.45) is 0 Å². The summed E-state index contributed by atoms with van der Waals surface area (Å²) >= 11 is 0. The average molecular weight is 132 g/mol. The zero-order valence-electron chi connectivity index (χ0n) is 11.2. The molecule has 0 saturated carbocycles. The monoisotopic (exact) mass is 132 g/mol. The molecule has 0 radical (unpaired) electrons. The first-order valence-electron chi connectivity index (χ1n) is 5.77. The second-order valence-electron chi connectivity index (χ2n) is 3.25. The fourth-order valence-corrected chi connectivity index (χ4v) is 0.731. The zero-order valence-corrected chi connectivity index (χ0v) is 6.23. The molecule has 0 aromatic heterocycles. The van der Waals surface area contributed by atoms with Gasteiger partial charge in [0.15, 0.2) is 0 Å². The van der Waals surface area contributed by atoms with Crippen LogP contribution in [-0.4, -0.2) is 23.5 Å². The second kappa shape index (κ2) is 2.30. The van der Waals surface area contributed by atoms with Gasteiger partial charge in [-0.2, -0.15) is 0 Å². The maximum absolute atomic E-state index is 7.71. The Kier molecular flexibility index (Phi) is 0.743. The molecule has 1 unspecified atom stereocenters. The lowest BCUT2D eigenvalue weighted by Gasteiger charge is -2.31. The Hall–Kier alpha value is -0.0400. The van der Waals surface area contributed by atoms with Crippen LogP contribution in [0.4, 0.5) is 0 Å². The molecular weight excluding hydrogens is 110 g/mol. The van der Waals surface area contributed by atoms with Gasteiger partial charge in [0, 0.05) is 12.4 Å². The Balaban J connectivity index is 3.01. The molecule has 0 spiro atoms. The lowest BCUT2D eigenvalue weighted by atomic mass is 10.1. The molecule has 1 rings (SSSR count). The van der Waals surface area contributed by atoms with E-state index in [0.29, 0.717) is 0 Å². The molecule has 1 aliphatic rings. The SMILES string of the molecule is [2H]C1N(C(C)(C)C)CC([2H])([2H])C1([2H])[2H]. The third-order valence-corrected chi connectivity index (χ3v) is 1.43. The van der Waals surface area contributed by atoms with Crippen LogP contribution in [-0.2, 0) is 0 Å². The quantitative estimate of drug-likeness (QED) is 0.486. The maximum Gasteiger partial charge on any atom is 0.0431 e. The van der Waals surface area contributed by atoms with E-state index < -0.39 is 19.3 Å². The molecule has 0 aromatic carbocycles. The fourth-order valence-electron chi connectivity index (χ4n) is 0.731. The highest BCUT2D eigenvalue weighted by Gasteiger charge is 2.23. The summed E-state index contributed by atoms with van der Waals surface area (Å²) in [5.74, 6) is 0. The molecule has 1 aliphatic heterocycles. The lowest BCUT2D eigenvalue weighted by Crippen LogP contribution is -2.38. The first-order valence-corrected chi connectivity index (χ1v) is 3.19. The van der Waals surface area contributed by atoms with Crippen molar-refractivity contribution in [2.45, 2.75) is 39.1 Å². The van der Waals surface area contributed by atoms with Gasteiger partial charge in [-0.3, -0.25) is 4.90 Å². The summed E-state index contributed by atoms with van der Waals surface area (Å²) in [5, 5.41) is 0. The molecule has 1 fully saturated rings. The van der Waals surface area contributed by atoms with E-state index in [0.717, 1.165) is 0 Å². The van der Waals surface area contributed by atoms with Gasteiger partial charge in [0.1, 0.15) is 0 Å². The Morgan fingerprint density at radius 1 is 1.33 bits per heavy atom. The minimum Gasteiger partial charge on any atom is -0.298 e. The highest BCUT2D eigenvalue weighted by molar-refractivity contribution is 4.79. The van der Waals surface area contributed by atoms with Gasteiger partial charge in [-0.25, -0.2) is 0 Å². The second-order valence-corrected chi connectivity index (χ2v) is 3.25. The molecule has 54 valence electrons. The highest BCUT2D eigenvalue weighted by Crippen LogP contribution is 2.19. The highest BCUT2D eigenvalue weighted by atomic mass is 15.2. The van der Waals surface area contributed by atoms with Crippen molar-refractivity contribution in [2.75, 3.05) is 13.1 Å². The van der Waals surface area contributed by atoms with Crippen LogP contribution in [0.15, 0.2) is 0 Å². The summed E-state index contributed by atoms with van der Waals surface area (Å²) in [6.45, 7) is 4.46. The molecule has 1 nitrogen and oxygen atoms in total. The number of likely N-dealkylation sites (tertiary alicyclic amines) is 1. The molecule has 0 amide bonds. The molecule has 1 saturated heterocycles. The van der Waals surface area contributed by atoms with Gasteiger partial charge in [0.2, 0.25) is 0 Å². The lowest BCUT2D eigenvalue weighted by molar-refractivity contribution is 0.175. The maximum atomic E-state index is 7.71. The van der Waals surface area contributed by atoms with E-state index in [1.807, 2.05) is 20.8 Å². The minimum atomic E-state index is -2.10. The van der Waals surface area contributed by atoms with E-state index in [4.69, 9.17) is 6.85 Å². The van der Waals surface area contributed by atoms with Crippen molar-refractivity contribution in [3.8, 4) is 0 Å². The van der Waals surface area contributed by atoms with E-state index in [1.165, 1.54) is 0 Å². The molecule has 1 heterocycles. The Morgan fingerprint density at radius 3 is 2.22 bits per heavy atom. The van der Waals surface area contributed by atoms with Crippen molar-refractivity contribution in [3.05, 3.63) is 0 Å². The standard InChI is InChI=1S/C8H17N/c1-8(2,3)9-6-4-5-7-9/h4-7H2,1-3H3/i4D2,5D2,6D. The molecule has 0 bridgehead atoms. The van der Waals surface area contributed by atoms with Crippen molar-refractivity contribution < 1.29 is 6.85 Å². The molecule has 9 heavy (non-hydrogen) atoms. The molecule has 1 heteroatoms. The van der Waals surface area contributed by atoms with Gasteiger partial charge < -0.3 is 0 Å². The third-order valence-electron chi connectivity index (χ3n) is 1.43. The largest absolute Gasteiger partial charge is 0.298 e. The van der Waals surface area contributed by atoms with Crippen LogP contribution < -0.4 is 0 Å². The Morgan fingerprint density at radius 2 is 2.00 bits per heavy atom. The minimum absolute atomic E-state index is 0.0162. The van der Waals surface area contributed by atoms with Crippen molar-refractivity contribution in [1.29, 1.82) is 0 Å². The third kappa shape index (κ3) is 1.68. The van der Waals surface area contributed by atoms with Crippen molar-refractivity contribution in [3.63, 3.8) is 0 Å². The van der Waals surface area contributed by atoms with Crippen LogP contribution >= 0.6 is 0 Å². The van der Waals surface area contributed by atoms with Crippen LogP contribution in [0.1, 0.15) is 40.4 Å². The summed E-state index contributed by atoms with van der Waals surface area (Å²) in [6, 6.07) is 0. The van der Waals surface area contributed by atoms with E-state index in [1.54, 1.807) is 4.90 Å². The van der Waals surface area contributed by atoms with Crippen LogP contribution in [0.5, 0.6) is 0 Å². The first kappa shape index (κ1) is 2.91. The van der Waals surface area contributed by atoms with E-state index >= 15 is 0 Å². The molecule has 0 aliphatic carbocycles. The van der Waals surface area contributed by atoms with E-state index in [-0.39, 0.29) is 12.1 Å². The molecule has 0 aromatic rings. The van der Waals surface area contributed by atoms with Gasteiger partial charge >= 0.3 is 0 Å². The summed E-state index contributed by atoms with van der Waals surface area (Å²) in [5.41, 5.74) is -0.371. The fraction of sp³-hybridized carbons (Fsp3) is 1.00. The van der Waals surface area contributed by atoms with E-state index in [2.05, 4.69) is 0 Å². The molecule has 1 atom stereocenters. The smallest absolute Gasteiger partial charge is 0.0431 e. The predicted molar refractivity (Wildman–Crippen MR) is 40.6 cm³/mol. The topological polar surface area (TPSA) is 3.24 Å².